The maximum absolute atomic E-state index is 11.0. The zero-order chi connectivity index (χ0) is 13.2. The van der Waals surface area contributed by atoms with Gasteiger partial charge in [0.15, 0.2) is 0 Å². The average molecular weight is 256 g/mol. The molecule has 0 spiro atoms. The van der Waals surface area contributed by atoms with Crippen molar-refractivity contribution in [2.24, 2.45) is 5.92 Å². The number of hydrogen-bond donors (Lipinski definition) is 1. The zero-order valence-corrected chi connectivity index (χ0v) is 11.7. The summed E-state index contributed by atoms with van der Waals surface area (Å²) >= 11 is 0. The number of hydrogen-bond acceptors (Lipinski definition) is 2. The molecule has 3 nitrogen and oxygen atoms in total. The highest BCUT2D eigenvalue weighted by atomic mass is 16.5. The summed E-state index contributed by atoms with van der Waals surface area (Å²) in [7, 11) is 0. The quantitative estimate of drug-likeness (QED) is 0.527. The number of unbranched alkanes of at least 4 members (excludes halogenated alkanes) is 4. The maximum Gasteiger partial charge on any atom is 0.306 e. The van der Waals surface area contributed by atoms with Crippen LogP contribution in [-0.4, -0.2) is 23.8 Å². The molecule has 1 aliphatic carbocycles. The van der Waals surface area contributed by atoms with E-state index in [1.54, 1.807) is 0 Å². The van der Waals surface area contributed by atoms with Crippen LogP contribution in [-0.2, 0) is 9.53 Å². The molecule has 2 atom stereocenters. The number of carbonyl (C=O) groups is 1. The topological polar surface area (TPSA) is 46.5 Å². The number of aliphatic carboxylic acids is 1. The van der Waals surface area contributed by atoms with E-state index in [-0.39, 0.29) is 12.0 Å². The molecule has 0 radical (unpaired) electrons. The summed E-state index contributed by atoms with van der Waals surface area (Å²) in [4.78, 5) is 11.0. The number of carboxylic acids is 1. The van der Waals surface area contributed by atoms with Gasteiger partial charge in [-0.2, -0.15) is 0 Å². The largest absolute Gasteiger partial charge is 0.481 e. The molecular weight excluding hydrogens is 228 g/mol. The molecule has 0 aliphatic heterocycles. The molecule has 0 amide bonds. The van der Waals surface area contributed by atoms with Crippen LogP contribution >= 0.6 is 0 Å². The van der Waals surface area contributed by atoms with E-state index in [0.717, 1.165) is 38.7 Å². The lowest BCUT2D eigenvalue weighted by atomic mass is 10.00. The lowest BCUT2D eigenvalue weighted by Crippen LogP contribution is -2.21. The van der Waals surface area contributed by atoms with Crippen LogP contribution in [0.3, 0.4) is 0 Å². The summed E-state index contributed by atoms with van der Waals surface area (Å²) in [5.41, 5.74) is 0. The molecule has 2 unspecified atom stereocenters. The summed E-state index contributed by atoms with van der Waals surface area (Å²) in [5.74, 6) is -0.828. The number of carboxylic acid groups (broad SMARTS) is 1. The van der Waals surface area contributed by atoms with Gasteiger partial charge in [0.25, 0.3) is 0 Å². The fourth-order valence-electron chi connectivity index (χ4n) is 2.65. The maximum atomic E-state index is 11.0. The fraction of sp³-hybridized carbons (Fsp3) is 0.933. The molecule has 1 saturated carbocycles. The van der Waals surface area contributed by atoms with Crippen molar-refractivity contribution in [1.29, 1.82) is 0 Å². The Labute approximate surface area is 111 Å². The summed E-state index contributed by atoms with van der Waals surface area (Å²) in [6.07, 6.45) is 11.1. The Balaban J connectivity index is 2.13. The first kappa shape index (κ1) is 15.5. The van der Waals surface area contributed by atoms with E-state index in [2.05, 4.69) is 6.92 Å². The SMILES string of the molecule is CCCCCCCOC1CCCCC(C(=O)O)C1. The van der Waals surface area contributed by atoms with Crippen LogP contribution in [0.4, 0.5) is 0 Å². The molecule has 0 bridgehead atoms. The van der Waals surface area contributed by atoms with Gasteiger partial charge < -0.3 is 9.84 Å². The van der Waals surface area contributed by atoms with Crippen LogP contribution in [0.15, 0.2) is 0 Å². The van der Waals surface area contributed by atoms with Crippen LogP contribution in [0, 0.1) is 5.92 Å². The molecule has 3 heteroatoms. The summed E-state index contributed by atoms with van der Waals surface area (Å²) in [6.45, 7) is 3.02. The highest BCUT2D eigenvalue weighted by Gasteiger charge is 2.25. The minimum atomic E-state index is -0.645. The third-order valence-electron chi connectivity index (χ3n) is 3.83. The first-order valence-electron chi connectivity index (χ1n) is 7.58. The minimum absolute atomic E-state index is 0.180. The normalized spacial score (nSPS) is 24.7. The number of ether oxygens (including phenoxy) is 1. The molecule has 18 heavy (non-hydrogen) atoms. The molecule has 1 N–H and O–H groups in total. The number of rotatable bonds is 8. The van der Waals surface area contributed by atoms with Gasteiger partial charge in [-0.05, 0) is 25.7 Å². The highest BCUT2D eigenvalue weighted by Crippen LogP contribution is 2.25. The van der Waals surface area contributed by atoms with Crippen LogP contribution < -0.4 is 0 Å². The van der Waals surface area contributed by atoms with Crippen molar-refractivity contribution < 1.29 is 14.6 Å². The molecule has 1 rings (SSSR count). The van der Waals surface area contributed by atoms with Gasteiger partial charge in [-0.1, -0.05) is 45.4 Å². The Morgan fingerprint density at radius 2 is 1.89 bits per heavy atom. The van der Waals surface area contributed by atoms with Crippen LogP contribution in [0.25, 0.3) is 0 Å². The standard InChI is InChI=1S/C15H28O3/c1-2-3-4-5-8-11-18-14-10-7-6-9-13(12-14)15(16)17/h13-14H,2-12H2,1H3,(H,16,17). The van der Waals surface area contributed by atoms with Gasteiger partial charge >= 0.3 is 5.97 Å². The van der Waals surface area contributed by atoms with Crippen molar-refractivity contribution in [2.45, 2.75) is 77.2 Å². The van der Waals surface area contributed by atoms with Crippen molar-refractivity contribution in [3.8, 4) is 0 Å². The van der Waals surface area contributed by atoms with Crippen molar-refractivity contribution in [3.05, 3.63) is 0 Å². The molecule has 1 aliphatic rings. The molecule has 0 saturated heterocycles. The third-order valence-corrected chi connectivity index (χ3v) is 3.83. The van der Waals surface area contributed by atoms with E-state index in [1.807, 2.05) is 0 Å². The van der Waals surface area contributed by atoms with E-state index in [9.17, 15) is 4.79 Å². The summed E-state index contributed by atoms with van der Waals surface area (Å²) in [6, 6.07) is 0. The van der Waals surface area contributed by atoms with Gasteiger partial charge in [0.2, 0.25) is 0 Å². The first-order chi connectivity index (χ1) is 8.74. The Morgan fingerprint density at radius 1 is 1.17 bits per heavy atom. The third kappa shape index (κ3) is 6.39. The zero-order valence-electron chi connectivity index (χ0n) is 11.7. The highest BCUT2D eigenvalue weighted by molar-refractivity contribution is 5.69. The van der Waals surface area contributed by atoms with E-state index in [0.29, 0.717) is 6.42 Å². The van der Waals surface area contributed by atoms with Crippen LogP contribution in [0.2, 0.25) is 0 Å². The molecule has 1 fully saturated rings. The van der Waals surface area contributed by atoms with E-state index in [1.165, 1.54) is 25.7 Å². The monoisotopic (exact) mass is 256 g/mol. The first-order valence-corrected chi connectivity index (χ1v) is 7.58. The van der Waals surface area contributed by atoms with Gasteiger partial charge in [0, 0.05) is 6.61 Å². The Hall–Kier alpha value is -0.570. The Morgan fingerprint density at radius 3 is 2.61 bits per heavy atom. The van der Waals surface area contributed by atoms with E-state index < -0.39 is 5.97 Å². The van der Waals surface area contributed by atoms with Crippen molar-refractivity contribution in [1.82, 2.24) is 0 Å². The van der Waals surface area contributed by atoms with Gasteiger partial charge in [-0.15, -0.1) is 0 Å². The minimum Gasteiger partial charge on any atom is -0.481 e. The molecule has 0 aromatic carbocycles. The van der Waals surface area contributed by atoms with Crippen molar-refractivity contribution in [3.63, 3.8) is 0 Å². The second-order valence-corrected chi connectivity index (χ2v) is 5.46. The molecule has 0 aromatic rings. The van der Waals surface area contributed by atoms with Crippen LogP contribution in [0.1, 0.15) is 71.1 Å². The van der Waals surface area contributed by atoms with E-state index >= 15 is 0 Å². The van der Waals surface area contributed by atoms with Crippen molar-refractivity contribution >= 4 is 5.97 Å². The van der Waals surface area contributed by atoms with Gasteiger partial charge in [-0.3, -0.25) is 4.79 Å². The molecular formula is C15H28O3. The Kier molecular flexibility index (Phi) is 8.06. The van der Waals surface area contributed by atoms with Gasteiger partial charge in [-0.25, -0.2) is 0 Å². The summed E-state index contributed by atoms with van der Waals surface area (Å²) in [5, 5.41) is 9.09. The fourth-order valence-corrected chi connectivity index (χ4v) is 2.65. The predicted octanol–water partition coefficient (Wildman–Crippen LogP) is 4.01. The molecule has 106 valence electrons. The molecule has 0 heterocycles. The molecule has 0 aromatic heterocycles. The lowest BCUT2D eigenvalue weighted by Gasteiger charge is -2.18. The van der Waals surface area contributed by atoms with Gasteiger partial charge in [0.05, 0.1) is 12.0 Å². The second-order valence-electron chi connectivity index (χ2n) is 5.46. The summed E-state index contributed by atoms with van der Waals surface area (Å²) < 4.78 is 5.86. The smallest absolute Gasteiger partial charge is 0.306 e. The average Bonchev–Trinajstić information content (AvgIpc) is 2.59. The lowest BCUT2D eigenvalue weighted by molar-refractivity contribution is -0.143. The van der Waals surface area contributed by atoms with Gasteiger partial charge in [0.1, 0.15) is 0 Å². The Bertz CT molecular complexity index is 228. The second kappa shape index (κ2) is 9.37. The van der Waals surface area contributed by atoms with E-state index in [4.69, 9.17) is 9.84 Å². The van der Waals surface area contributed by atoms with Crippen molar-refractivity contribution in [2.75, 3.05) is 6.61 Å². The van der Waals surface area contributed by atoms with Crippen LogP contribution in [0.5, 0.6) is 0 Å². The predicted molar refractivity (Wildman–Crippen MR) is 72.7 cm³/mol.